The van der Waals surface area contributed by atoms with Gasteiger partial charge >= 0.3 is 0 Å². The largest absolute Gasteiger partial charge is 0.504 e. The van der Waals surface area contributed by atoms with Crippen molar-refractivity contribution in [1.82, 2.24) is 0 Å². The Balaban J connectivity index is 2.89. The second-order valence-corrected chi connectivity index (χ2v) is 3.23. The van der Waals surface area contributed by atoms with Crippen LogP contribution in [0.5, 0.6) is 0 Å². The lowest BCUT2D eigenvalue weighted by Gasteiger charge is -2.04. The van der Waals surface area contributed by atoms with Crippen LogP contribution in [0.2, 0.25) is 0 Å². The average Bonchev–Trinajstić information content (AvgIpc) is 2.18. The van der Waals surface area contributed by atoms with E-state index in [0.29, 0.717) is 0 Å². The Morgan fingerprint density at radius 2 is 2.00 bits per heavy atom. The Morgan fingerprint density at radius 3 is 2.64 bits per heavy atom. The van der Waals surface area contributed by atoms with Crippen molar-refractivity contribution in [2.75, 3.05) is 7.11 Å². The highest BCUT2D eigenvalue weighted by atomic mass is 16.5. The van der Waals surface area contributed by atoms with Crippen LogP contribution in [0.4, 0.5) is 0 Å². The van der Waals surface area contributed by atoms with Gasteiger partial charge < -0.3 is 4.74 Å². The molecule has 1 heteroatoms. The van der Waals surface area contributed by atoms with Crippen molar-refractivity contribution in [3.8, 4) is 0 Å². The smallest absolute Gasteiger partial charge is 0.0824 e. The van der Waals surface area contributed by atoms with E-state index in [1.807, 2.05) is 12.2 Å². The van der Waals surface area contributed by atoms with Crippen LogP contribution in [-0.4, -0.2) is 7.11 Å². The minimum atomic E-state index is 1.25. The van der Waals surface area contributed by atoms with Crippen molar-refractivity contribution in [3.05, 3.63) is 53.8 Å². The van der Waals surface area contributed by atoms with Crippen molar-refractivity contribution in [2.24, 2.45) is 0 Å². The molecule has 0 spiro atoms. The van der Waals surface area contributed by atoms with Gasteiger partial charge in [-0.2, -0.15) is 0 Å². The number of allylic oxidation sites excluding steroid dienone is 3. The standard InChI is InChI=1S/C13H16O/c1-11-7-4-5-9-13(11)12(2)8-6-10-14-3/h4-10H,1-3H3/b10-6-,12-8+. The summed E-state index contributed by atoms with van der Waals surface area (Å²) in [4.78, 5) is 0. The van der Waals surface area contributed by atoms with Gasteiger partial charge in [0, 0.05) is 0 Å². The molecule has 0 unspecified atom stereocenters. The van der Waals surface area contributed by atoms with Gasteiger partial charge in [-0.3, -0.25) is 0 Å². The molecule has 0 aromatic heterocycles. The van der Waals surface area contributed by atoms with Crippen LogP contribution in [0.3, 0.4) is 0 Å². The molecular weight excluding hydrogens is 172 g/mol. The van der Waals surface area contributed by atoms with Crippen LogP contribution in [0.1, 0.15) is 18.1 Å². The van der Waals surface area contributed by atoms with Crippen molar-refractivity contribution < 1.29 is 4.74 Å². The molecule has 0 aliphatic rings. The van der Waals surface area contributed by atoms with E-state index in [1.165, 1.54) is 16.7 Å². The summed E-state index contributed by atoms with van der Waals surface area (Å²) in [5.41, 5.74) is 3.83. The first-order valence-electron chi connectivity index (χ1n) is 4.68. The van der Waals surface area contributed by atoms with E-state index in [-0.39, 0.29) is 0 Å². The van der Waals surface area contributed by atoms with E-state index in [4.69, 9.17) is 4.74 Å². The number of benzene rings is 1. The summed E-state index contributed by atoms with van der Waals surface area (Å²) < 4.78 is 4.83. The third-order valence-corrected chi connectivity index (χ3v) is 2.13. The predicted octanol–water partition coefficient (Wildman–Crippen LogP) is 3.56. The zero-order chi connectivity index (χ0) is 10.4. The Kier molecular flexibility index (Phi) is 3.99. The van der Waals surface area contributed by atoms with Gasteiger partial charge in [-0.05, 0) is 36.6 Å². The van der Waals surface area contributed by atoms with Crippen LogP contribution in [-0.2, 0) is 4.74 Å². The van der Waals surface area contributed by atoms with Gasteiger partial charge in [-0.15, -0.1) is 0 Å². The Labute approximate surface area is 85.7 Å². The van der Waals surface area contributed by atoms with E-state index in [2.05, 4.69) is 38.1 Å². The highest BCUT2D eigenvalue weighted by Gasteiger charge is 1.96. The summed E-state index contributed by atoms with van der Waals surface area (Å²) in [7, 11) is 1.65. The van der Waals surface area contributed by atoms with E-state index < -0.39 is 0 Å². The first kappa shape index (κ1) is 10.6. The Morgan fingerprint density at radius 1 is 1.29 bits per heavy atom. The fraction of sp³-hybridized carbons (Fsp3) is 0.231. The maximum absolute atomic E-state index is 4.83. The molecule has 0 aliphatic heterocycles. The van der Waals surface area contributed by atoms with Crippen molar-refractivity contribution in [3.63, 3.8) is 0 Å². The third-order valence-electron chi connectivity index (χ3n) is 2.13. The zero-order valence-electron chi connectivity index (χ0n) is 8.95. The first-order chi connectivity index (χ1) is 6.75. The van der Waals surface area contributed by atoms with Crippen LogP contribution in [0.15, 0.2) is 42.7 Å². The van der Waals surface area contributed by atoms with Gasteiger partial charge in [-0.25, -0.2) is 0 Å². The molecule has 0 N–H and O–H groups in total. The van der Waals surface area contributed by atoms with Crippen LogP contribution < -0.4 is 0 Å². The zero-order valence-corrected chi connectivity index (χ0v) is 8.95. The second-order valence-electron chi connectivity index (χ2n) is 3.23. The molecule has 0 fully saturated rings. The molecule has 0 aliphatic carbocycles. The summed E-state index contributed by atoms with van der Waals surface area (Å²) in [5.74, 6) is 0. The lowest BCUT2D eigenvalue weighted by Crippen LogP contribution is -1.83. The predicted molar refractivity (Wildman–Crippen MR) is 61.0 cm³/mol. The second kappa shape index (κ2) is 5.28. The van der Waals surface area contributed by atoms with Crippen molar-refractivity contribution in [2.45, 2.75) is 13.8 Å². The summed E-state index contributed by atoms with van der Waals surface area (Å²) >= 11 is 0. The molecule has 0 saturated carbocycles. The highest BCUT2D eigenvalue weighted by molar-refractivity contribution is 5.67. The molecule has 0 atom stereocenters. The Bertz CT molecular complexity index is 348. The number of hydrogen-bond donors (Lipinski definition) is 0. The topological polar surface area (TPSA) is 9.23 Å². The van der Waals surface area contributed by atoms with Gasteiger partial charge in [-0.1, -0.05) is 30.3 Å². The Hall–Kier alpha value is -1.50. The molecule has 1 rings (SSSR count). The summed E-state index contributed by atoms with van der Waals surface area (Å²) in [6, 6.07) is 8.35. The third kappa shape index (κ3) is 2.77. The summed E-state index contributed by atoms with van der Waals surface area (Å²) in [6.45, 7) is 4.22. The fourth-order valence-electron chi connectivity index (χ4n) is 1.37. The van der Waals surface area contributed by atoms with Gasteiger partial charge in [0.1, 0.15) is 0 Å². The number of rotatable bonds is 3. The van der Waals surface area contributed by atoms with Crippen LogP contribution in [0.25, 0.3) is 5.57 Å². The van der Waals surface area contributed by atoms with E-state index >= 15 is 0 Å². The van der Waals surface area contributed by atoms with Gasteiger partial charge in [0.15, 0.2) is 0 Å². The minimum absolute atomic E-state index is 1.25. The summed E-state index contributed by atoms with van der Waals surface area (Å²) in [6.07, 6.45) is 5.62. The summed E-state index contributed by atoms with van der Waals surface area (Å²) in [5, 5.41) is 0. The van der Waals surface area contributed by atoms with E-state index in [1.54, 1.807) is 13.4 Å². The molecule has 1 nitrogen and oxygen atoms in total. The monoisotopic (exact) mass is 188 g/mol. The number of aryl methyl sites for hydroxylation is 1. The molecule has 14 heavy (non-hydrogen) atoms. The van der Waals surface area contributed by atoms with Gasteiger partial charge in [0.25, 0.3) is 0 Å². The lowest BCUT2D eigenvalue weighted by atomic mass is 10.0. The molecule has 0 radical (unpaired) electrons. The minimum Gasteiger partial charge on any atom is -0.504 e. The molecule has 0 bridgehead atoms. The van der Waals surface area contributed by atoms with Crippen molar-refractivity contribution >= 4 is 5.57 Å². The quantitative estimate of drug-likeness (QED) is 0.520. The molecule has 0 saturated heterocycles. The van der Waals surface area contributed by atoms with Crippen LogP contribution in [0, 0.1) is 6.92 Å². The number of ether oxygens (including phenoxy) is 1. The van der Waals surface area contributed by atoms with Gasteiger partial charge in [0.2, 0.25) is 0 Å². The van der Waals surface area contributed by atoms with E-state index in [9.17, 15) is 0 Å². The number of methoxy groups -OCH3 is 1. The molecule has 74 valence electrons. The normalized spacial score (nSPS) is 12.1. The fourth-order valence-corrected chi connectivity index (χ4v) is 1.37. The molecule has 0 amide bonds. The SMILES string of the molecule is CO/C=C\C=C(/C)c1ccccc1C. The maximum atomic E-state index is 4.83. The molecular formula is C13H16O. The highest BCUT2D eigenvalue weighted by Crippen LogP contribution is 2.17. The van der Waals surface area contributed by atoms with Gasteiger partial charge in [0.05, 0.1) is 13.4 Å². The number of hydrogen-bond acceptors (Lipinski definition) is 1. The lowest BCUT2D eigenvalue weighted by molar-refractivity contribution is 0.338. The van der Waals surface area contributed by atoms with Crippen LogP contribution >= 0.6 is 0 Å². The molecule has 1 aromatic carbocycles. The molecule has 0 heterocycles. The average molecular weight is 188 g/mol. The van der Waals surface area contributed by atoms with Crippen molar-refractivity contribution in [1.29, 1.82) is 0 Å². The molecule has 1 aromatic rings. The van der Waals surface area contributed by atoms with E-state index in [0.717, 1.165) is 0 Å². The first-order valence-corrected chi connectivity index (χ1v) is 4.68. The maximum Gasteiger partial charge on any atom is 0.0824 e.